The first-order chi connectivity index (χ1) is 12.8. The molecule has 2 aromatic carbocycles. The van der Waals surface area contributed by atoms with Crippen molar-refractivity contribution >= 4 is 23.6 Å². The molecule has 1 unspecified atom stereocenters. The molecule has 1 aliphatic heterocycles. The molecule has 0 aromatic heterocycles. The van der Waals surface area contributed by atoms with Crippen molar-refractivity contribution in [1.82, 2.24) is 0 Å². The summed E-state index contributed by atoms with van der Waals surface area (Å²) in [5.74, 6) is -0.951. The average molecular weight is 397 g/mol. The van der Waals surface area contributed by atoms with Gasteiger partial charge in [0, 0.05) is 10.6 Å². The van der Waals surface area contributed by atoms with Crippen LogP contribution < -0.4 is 4.74 Å². The van der Waals surface area contributed by atoms with Crippen molar-refractivity contribution in [2.24, 2.45) is 0 Å². The van der Waals surface area contributed by atoms with E-state index in [9.17, 15) is 18.0 Å². The Kier molecular flexibility index (Phi) is 5.46. The lowest BCUT2D eigenvalue weighted by Crippen LogP contribution is -2.40. The van der Waals surface area contributed by atoms with Crippen LogP contribution in [0.25, 0.3) is 6.08 Å². The van der Waals surface area contributed by atoms with E-state index in [0.29, 0.717) is 17.0 Å². The molecule has 0 spiro atoms. The summed E-state index contributed by atoms with van der Waals surface area (Å²) in [5, 5.41) is 0.608. The van der Waals surface area contributed by atoms with Gasteiger partial charge in [0.1, 0.15) is 5.75 Å². The zero-order valence-corrected chi connectivity index (χ0v) is 15.1. The number of rotatable bonds is 4. The fourth-order valence-corrected chi connectivity index (χ4v) is 2.93. The summed E-state index contributed by atoms with van der Waals surface area (Å²) < 4.78 is 50.1. The number of carbonyl (C=O) groups excluding carboxylic acids is 1. The van der Waals surface area contributed by atoms with E-state index in [1.165, 1.54) is 13.0 Å². The van der Waals surface area contributed by atoms with E-state index < -0.39 is 23.8 Å². The molecule has 0 saturated heterocycles. The first-order valence-corrected chi connectivity index (χ1v) is 8.65. The summed E-state index contributed by atoms with van der Waals surface area (Å²) in [6, 6.07) is 12.2. The number of esters is 1. The van der Waals surface area contributed by atoms with E-state index in [0.717, 1.165) is 11.1 Å². The highest BCUT2D eigenvalue weighted by Gasteiger charge is 2.48. The number of carbonyl (C=O) groups is 1. The molecule has 3 nitrogen and oxygen atoms in total. The van der Waals surface area contributed by atoms with Crippen molar-refractivity contribution in [1.29, 1.82) is 0 Å². The zero-order chi connectivity index (χ0) is 19.6. The summed E-state index contributed by atoms with van der Waals surface area (Å²) in [6.07, 6.45) is -5.39. The molecular weight excluding hydrogens is 381 g/mol. The Morgan fingerprint density at radius 1 is 1.15 bits per heavy atom. The van der Waals surface area contributed by atoms with Gasteiger partial charge >= 0.3 is 12.1 Å². The zero-order valence-electron chi connectivity index (χ0n) is 14.3. The highest BCUT2D eigenvalue weighted by Crippen LogP contribution is 2.38. The Morgan fingerprint density at radius 3 is 2.44 bits per heavy atom. The Morgan fingerprint density at radius 2 is 1.81 bits per heavy atom. The predicted octanol–water partition coefficient (Wildman–Crippen LogP) is 5.20. The Balaban J connectivity index is 1.92. The van der Waals surface area contributed by atoms with Gasteiger partial charge in [-0.2, -0.15) is 13.2 Å². The third-order valence-electron chi connectivity index (χ3n) is 4.05. The number of fused-ring (bicyclic) bond motifs is 1. The second-order valence-corrected chi connectivity index (χ2v) is 6.47. The van der Waals surface area contributed by atoms with Crippen molar-refractivity contribution in [3.8, 4) is 5.75 Å². The Hall–Kier alpha value is -2.47. The lowest BCUT2D eigenvalue weighted by atomic mass is 9.98. The Labute approximate surface area is 159 Å². The van der Waals surface area contributed by atoms with Crippen LogP contribution in [0.5, 0.6) is 5.75 Å². The lowest BCUT2D eigenvalue weighted by molar-refractivity contribution is -0.187. The SMILES string of the molecule is CCOC(=O)C1=Cc2ccc(Cc3ccc(Cl)cc3)cc2OC1C(F)(F)F. The third kappa shape index (κ3) is 4.45. The van der Waals surface area contributed by atoms with Crippen LogP contribution in [-0.4, -0.2) is 24.9 Å². The first kappa shape index (κ1) is 19.3. The highest BCUT2D eigenvalue weighted by molar-refractivity contribution is 6.30. The normalized spacial score (nSPS) is 16.2. The Bertz CT molecular complexity index is 873. The van der Waals surface area contributed by atoms with E-state index in [1.54, 1.807) is 30.3 Å². The summed E-state index contributed by atoms with van der Waals surface area (Å²) in [6.45, 7) is 1.51. The molecule has 0 bridgehead atoms. The second kappa shape index (κ2) is 7.64. The maximum atomic E-state index is 13.4. The van der Waals surface area contributed by atoms with Crippen LogP contribution in [0.4, 0.5) is 13.2 Å². The van der Waals surface area contributed by atoms with Crippen molar-refractivity contribution in [3.63, 3.8) is 0 Å². The fraction of sp³-hybridized carbons (Fsp3) is 0.250. The number of ether oxygens (including phenoxy) is 2. The van der Waals surface area contributed by atoms with Gasteiger partial charge in [0.2, 0.25) is 6.10 Å². The monoisotopic (exact) mass is 396 g/mol. The van der Waals surface area contributed by atoms with Crippen LogP contribution in [0.3, 0.4) is 0 Å². The van der Waals surface area contributed by atoms with Gasteiger partial charge in [-0.15, -0.1) is 0 Å². The lowest BCUT2D eigenvalue weighted by Gasteiger charge is -2.28. The maximum Gasteiger partial charge on any atom is 0.430 e. The van der Waals surface area contributed by atoms with Crippen LogP contribution in [-0.2, 0) is 16.0 Å². The topological polar surface area (TPSA) is 35.5 Å². The quantitative estimate of drug-likeness (QED) is 0.666. The van der Waals surface area contributed by atoms with Crippen molar-refractivity contribution < 1.29 is 27.4 Å². The van der Waals surface area contributed by atoms with Gasteiger partial charge in [0.15, 0.2) is 0 Å². The van der Waals surface area contributed by atoms with Crippen LogP contribution in [0.2, 0.25) is 5.02 Å². The van der Waals surface area contributed by atoms with Gasteiger partial charge in [0.25, 0.3) is 0 Å². The number of halogens is 4. The van der Waals surface area contributed by atoms with Crippen LogP contribution in [0, 0.1) is 0 Å². The van der Waals surface area contributed by atoms with Gasteiger partial charge in [-0.3, -0.25) is 0 Å². The van der Waals surface area contributed by atoms with Crippen molar-refractivity contribution in [3.05, 3.63) is 69.8 Å². The van der Waals surface area contributed by atoms with Crippen LogP contribution in [0.15, 0.2) is 48.0 Å². The summed E-state index contributed by atoms with van der Waals surface area (Å²) in [4.78, 5) is 11.9. The van der Waals surface area contributed by atoms with Crippen LogP contribution >= 0.6 is 11.6 Å². The summed E-state index contributed by atoms with van der Waals surface area (Å²) in [7, 11) is 0. The smallest absolute Gasteiger partial charge is 0.430 e. The maximum absolute atomic E-state index is 13.4. The molecule has 3 rings (SSSR count). The molecule has 0 fully saturated rings. The molecule has 142 valence electrons. The second-order valence-electron chi connectivity index (χ2n) is 6.04. The molecule has 1 atom stereocenters. The van der Waals surface area contributed by atoms with Gasteiger partial charge in [-0.25, -0.2) is 4.79 Å². The van der Waals surface area contributed by atoms with E-state index in [-0.39, 0.29) is 12.4 Å². The number of hydrogen-bond donors (Lipinski definition) is 0. The molecule has 1 heterocycles. The summed E-state index contributed by atoms with van der Waals surface area (Å²) >= 11 is 5.86. The van der Waals surface area contributed by atoms with Crippen molar-refractivity contribution in [2.45, 2.75) is 25.6 Å². The third-order valence-corrected chi connectivity index (χ3v) is 4.30. The molecule has 7 heteroatoms. The minimum absolute atomic E-state index is 0.0202. The number of alkyl halides is 3. The molecule has 27 heavy (non-hydrogen) atoms. The van der Waals surface area contributed by atoms with E-state index in [2.05, 4.69) is 0 Å². The molecule has 0 radical (unpaired) electrons. The average Bonchev–Trinajstić information content (AvgIpc) is 2.62. The minimum Gasteiger partial charge on any atom is -0.475 e. The molecule has 0 amide bonds. The molecule has 2 aromatic rings. The van der Waals surface area contributed by atoms with Gasteiger partial charge in [0.05, 0.1) is 12.2 Å². The van der Waals surface area contributed by atoms with Crippen molar-refractivity contribution in [2.75, 3.05) is 6.61 Å². The summed E-state index contributed by atoms with van der Waals surface area (Å²) in [5.41, 5.74) is 1.59. The predicted molar refractivity (Wildman–Crippen MR) is 95.8 cm³/mol. The number of benzene rings is 2. The largest absolute Gasteiger partial charge is 0.475 e. The molecule has 0 aliphatic carbocycles. The van der Waals surface area contributed by atoms with Gasteiger partial charge < -0.3 is 9.47 Å². The molecular formula is C20H16ClF3O3. The first-order valence-electron chi connectivity index (χ1n) is 8.27. The molecule has 0 N–H and O–H groups in total. The number of hydrogen-bond acceptors (Lipinski definition) is 3. The van der Waals surface area contributed by atoms with E-state index in [1.807, 2.05) is 12.1 Å². The van der Waals surface area contributed by atoms with Crippen LogP contribution in [0.1, 0.15) is 23.6 Å². The highest BCUT2D eigenvalue weighted by atomic mass is 35.5. The molecule has 0 saturated carbocycles. The van der Waals surface area contributed by atoms with Gasteiger partial charge in [-0.1, -0.05) is 35.9 Å². The molecule has 1 aliphatic rings. The van der Waals surface area contributed by atoms with Gasteiger partial charge in [-0.05, 0) is 48.7 Å². The van der Waals surface area contributed by atoms with E-state index in [4.69, 9.17) is 21.1 Å². The minimum atomic E-state index is -4.73. The van der Waals surface area contributed by atoms with E-state index >= 15 is 0 Å². The standard InChI is InChI=1S/C20H16ClF3O3/c1-2-26-19(25)16-11-14-6-3-13(9-12-4-7-15(21)8-5-12)10-17(14)27-18(16)20(22,23)24/h3-8,10-11,18H,2,9H2,1H3. The fourth-order valence-electron chi connectivity index (χ4n) is 2.81.